The summed E-state index contributed by atoms with van der Waals surface area (Å²) in [7, 11) is 0. The number of nitrogen functional groups attached to an aromatic ring is 1. The van der Waals surface area contributed by atoms with Gasteiger partial charge in [0.1, 0.15) is 10.7 Å². The van der Waals surface area contributed by atoms with Crippen LogP contribution in [0.1, 0.15) is 38.3 Å². The summed E-state index contributed by atoms with van der Waals surface area (Å²) in [6.07, 6.45) is 5.62. The van der Waals surface area contributed by atoms with Crippen molar-refractivity contribution in [2.24, 2.45) is 0 Å². The first-order valence-corrected chi connectivity index (χ1v) is 6.67. The normalized spacial score (nSPS) is 11.0. The molecule has 0 fully saturated rings. The molecule has 0 spiro atoms. The molecule has 0 unspecified atom stereocenters. The predicted octanol–water partition coefficient (Wildman–Crippen LogP) is 3.38. The van der Waals surface area contributed by atoms with Gasteiger partial charge in [-0.1, -0.05) is 37.8 Å². The van der Waals surface area contributed by atoms with Crippen molar-refractivity contribution in [1.29, 1.82) is 0 Å². The van der Waals surface area contributed by atoms with E-state index in [0.717, 1.165) is 29.6 Å². The Labute approximate surface area is 112 Å². The van der Waals surface area contributed by atoms with E-state index >= 15 is 0 Å². The molecular formula is C13H17ClN4. The first kappa shape index (κ1) is 13.0. The van der Waals surface area contributed by atoms with Gasteiger partial charge in [-0.3, -0.25) is 0 Å². The largest absolute Gasteiger partial charge is 0.368 e. The molecule has 0 aromatic carbocycles. The highest BCUT2D eigenvalue weighted by molar-refractivity contribution is 6.29. The number of rotatable bonds is 5. The van der Waals surface area contributed by atoms with Crippen LogP contribution in [0.15, 0.2) is 12.1 Å². The van der Waals surface area contributed by atoms with Gasteiger partial charge in [0, 0.05) is 0 Å². The van der Waals surface area contributed by atoms with E-state index in [1.807, 2.05) is 6.07 Å². The van der Waals surface area contributed by atoms with Gasteiger partial charge >= 0.3 is 0 Å². The molecule has 0 aliphatic heterocycles. The number of unbranched alkanes of at least 4 members (excludes halogenated alkanes) is 3. The molecule has 0 atom stereocenters. The van der Waals surface area contributed by atoms with Crippen molar-refractivity contribution in [3.63, 3.8) is 0 Å². The average molecular weight is 265 g/mol. The second-order valence-electron chi connectivity index (χ2n) is 4.34. The lowest BCUT2D eigenvalue weighted by atomic mass is 10.1. The van der Waals surface area contributed by atoms with Gasteiger partial charge in [-0.15, -0.1) is 0 Å². The molecule has 18 heavy (non-hydrogen) atoms. The van der Waals surface area contributed by atoms with Crippen LogP contribution in [0.25, 0.3) is 11.0 Å². The highest BCUT2D eigenvalue weighted by Crippen LogP contribution is 2.19. The lowest BCUT2D eigenvalue weighted by Crippen LogP contribution is -2.02. The topological polar surface area (TPSA) is 64.7 Å². The molecule has 0 saturated heterocycles. The molecule has 2 heterocycles. The molecule has 4 nitrogen and oxygen atoms in total. The standard InChI is InChI=1S/C13H17ClN4/c1-2-3-4-5-6-9-12-10(17-13(15)16-9)7-8-11(14)18-12/h7-8H,2-6H2,1H3,(H2,15,16,17). The van der Waals surface area contributed by atoms with Crippen LogP contribution >= 0.6 is 11.6 Å². The summed E-state index contributed by atoms with van der Waals surface area (Å²) in [6, 6.07) is 3.55. The number of nitrogens with two attached hydrogens (primary N) is 1. The maximum absolute atomic E-state index is 5.92. The molecule has 2 N–H and O–H groups in total. The molecule has 5 heteroatoms. The number of nitrogens with zero attached hydrogens (tertiary/aromatic N) is 3. The van der Waals surface area contributed by atoms with Crippen LogP contribution in [-0.2, 0) is 6.42 Å². The fourth-order valence-electron chi connectivity index (χ4n) is 1.96. The van der Waals surface area contributed by atoms with E-state index in [9.17, 15) is 0 Å². The van der Waals surface area contributed by atoms with Crippen molar-refractivity contribution in [3.05, 3.63) is 23.0 Å². The Morgan fingerprint density at radius 3 is 2.72 bits per heavy atom. The number of halogens is 1. The SMILES string of the molecule is CCCCCCc1nc(N)nc2ccc(Cl)nc12. The Hall–Kier alpha value is -1.42. The van der Waals surface area contributed by atoms with Gasteiger partial charge in [0.15, 0.2) is 0 Å². The fourth-order valence-corrected chi connectivity index (χ4v) is 2.11. The predicted molar refractivity (Wildman–Crippen MR) is 74.6 cm³/mol. The van der Waals surface area contributed by atoms with Crippen LogP contribution in [0.4, 0.5) is 5.95 Å². The third-order valence-electron chi connectivity index (χ3n) is 2.86. The van der Waals surface area contributed by atoms with Crippen molar-refractivity contribution >= 4 is 28.6 Å². The second-order valence-corrected chi connectivity index (χ2v) is 4.73. The van der Waals surface area contributed by atoms with Crippen LogP contribution in [-0.4, -0.2) is 15.0 Å². The van der Waals surface area contributed by atoms with Crippen LogP contribution in [0.5, 0.6) is 0 Å². The highest BCUT2D eigenvalue weighted by atomic mass is 35.5. The molecular weight excluding hydrogens is 248 g/mol. The first-order valence-electron chi connectivity index (χ1n) is 6.29. The number of fused-ring (bicyclic) bond motifs is 1. The Morgan fingerprint density at radius 2 is 1.94 bits per heavy atom. The zero-order valence-electron chi connectivity index (χ0n) is 10.5. The maximum Gasteiger partial charge on any atom is 0.220 e. The van der Waals surface area contributed by atoms with E-state index in [0.29, 0.717) is 11.1 Å². The minimum Gasteiger partial charge on any atom is -0.368 e. The van der Waals surface area contributed by atoms with E-state index in [1.165, 1.54) is 19.3 Å². The summed E-state index contributed by atoms with van der Waals surface area (Å²) in [5.41, 5.74) is 8.14. The van der Waals surface area contributed by atoms with Crippen molar-refractivity contribution in [2.75, 3.05) is 5.73 Å². The number of pyridine rings is 1. The number of hydrogen-bond acceptors (Lipinski definition) is 4. The van der Waals surface area contributed by atoms with Crippen molar-refractivity contribution < 1.29 is 0 Å². The lowest BCUT2D eigenvalue weighted by molar-refractivity contribution is 0.662. The smallest absolute Gasteiger partial charge is 0.220 e. The maximum atomic E-state index is 5.92. The first-order chi connectivity index (χ1) is 8.70. The minimum atomic E-state index is 0.303. The average Bonchev–Trinajstić information content (AvgIpc) is 2.35. The molecule has 0 amide bonds. The van der Waals surface area contributed by atoms with Crippen molar-refractivity contribution in [2.45, 2.75) is 39.0 Å². The van der Waals surface area contributed by atoms with Crippen LogP contribution in [0.3, 0.4) is 0 Å². The van der Waals surface area contributed by atoms with Gasteiger partial charge in [-0.05, 0) is 25.0 Å². The zero-order valence-corrected chi connectivity index (χ0v) is 11.2. The van der Waals surface area contributed by atoms with E-state index in [-0.39, 0.29) is 0 Å². The number of aryl methyl sites for hydroxylation is 1. The van der Waals surface area contributed by atoms with E-state index in [2.05, 4.69) is 21.9 Å². The summed E-state index contributed by atoms with van der Waals surface area (Å²) < 4.78 is 0. The third-order valence-corrected chi connectivity index (χ3v) is 3.08. The molecule has 0 aliphatic rings. The third kappa shape index (κ3) is 3.07. The summed E-state index contributed by atoms with van der Waals surface area (Å²) >= 11 is 5.92. The van der Waals surface area contributed by atoms with Crippen LogP contribution < -0.4 is 5.73 Å². The van der Waals surface area contributed by atoms with Crippen LogP contribution in [0, 0.1) is 0 Å². The summed E-state index contributed by atoms with van der Waals surface area (Å²) in [4.78, 5) is 12.8. The van der Waals surface area contributed by atoms with Gasteiger partial charge in [-0.2, -0.15) is 0 Å². The Balaban J connectivity index is 2.27. The number of anilines is 1. The van der Waals surface area contributed by atoms with Gasteiger partial charge in [-0.25, -0.2) is 15.0 Å². The Bertz CT molecular complexity index is 542. The fraction of sp³-hybridized carbons (Fsp3) is 0.462. The molecule has 0 radical (unpaired) electrons. The number of aromatic nitrogens is 3. The van der Waals surface area contributed by atoms with Crippen molar-refractivity contribution in [3.8, 4) is 0 Å². The minimum absolute atomic E-state index is 0.303. The van der Waals surface area contributed by atoms with Crippen LogP contribution in [0.2, 0.25) is 5.15 Å². The zero-order chi connectivity index (χ0) is 13.0. The number of hydrogen-bond donors (Lipinski definition) is 1. The Morgan fingerprint density at radius 1 is 1.11 bits per heavy atom. The van der Waals surface area contributed by atoms with E-state index in [4.69, 9.17) is 17.3 Å². The van der Waals surface area contributed by atoms with Gasteiger partial charge in [0.05, 0.1) is 11.2 Å². The second kappa shape index (κ2) is 5.96. The Kier molecular flexibility index (Phi) is 4.31. The molecule has 0 aliphatic carbocycles. The molecule has 96 valence electrons. The highest BCUT2D eigenvalue weighted by Gasteiger charge is 2.08. The van der Waals surface area contributed by atoms with E-state index < -0.39 is 0 Å². The summed E-state index contributed by atoms with van der Waals surface area (Å²) in [5.74, 6) is 0.303. The van der Waals surface area contributed by atoms with Gasteiger partial charge < -0.3 is 5.73 Å². The monoisotopic (exact) mass is 264 g/mol. The molecule has 0 saturated carbocycles. The lowest BCUT2D eigenvalue weighted by Gasteiger charge is -2.06. The summed E-state index contributed by atoms with van der Waals surface area (Å²) in [5, 5.41) is 0.464. The molecule has 0 bridgehead atoms. The molecule has 2 aromatic heterocycles. The van der Waals surface area contributed by atoms with E-state index in [1.54, 1.807) is 6.07 Å². The van der Waals surface area contributed by atoms with Gasteiger partial charge in [0.2, 0.25) is 5.95 Å². The van der Waals surface area contributed by atoms with Gasteiger partial charge in [0.25, 0.3) is 0 Å². The molecule has 2 aromatic rings. The summed E-state index contributed by atoms with van der Waals surface area (Å²) in [6.45, 7) is 2.19. The quantitative estimate of drug-likeness (QED) is 0.664. The van der Waals surface area contributed by atoms with Crippen molar-refractivity contribution in [1.82, 2.24) is 15.0 Å². The molecule has 2 rings (SSSR count).